The lowest BCUT2D eigenvalue weighted by Gasteiger charge is -2.16. The second-order valence-corrected chi connectivity index (χ2v) is 5.49. The highest BCUT2D eigenvalue weighted by Crippen LogP contribution is 2.17. The lowest BCUT2D eigenvalue weighted by Crippen LogP contribution is -2.17. The molecule has 0 atom stereocenters. The van der Waals surface area contributed by atoms with Crippen LogP contribution in [0.4, 0.5) is 0 Å². The van der Waals surface area contributed by atoms with Gasteiger partial charge in [-0.15, -0.1) is 0 Å². The van der Waals surface area contributed by atoms with Gasteiger partial charge in [0, 0.05) is 18.7 Å². The average molecular weight is 272 g/mol. The van der Waals surface area contributed by atoms with E-state index >= 15 is 0 Å². The van der Waals surface area contributed by atoms with Gasteiger partial charge in [0.05, 0.1) is 6.54 Å². The zero-order valence-electron chi connectivity index (χ0n) is 12.9. The van der Waals surface area contributed by atoms with Crippen LogP contribution >= 0.6 is 0 Å². The first-order chi connectivity index (χ1) is 9.58. The minimum Gasteiger partial charge on any atom is -0.465 e. The summed E-state index contributed by atoms with van der Waals surface area (Å²) in [7, 11) is 4.08. The highest BCUT2D eigenvalue weighted by Gasteiger charge is 2.09. The molecular weight excluding hydrogens is 248 g/mol. The van der Waals surface area contributed by atoms with Gasteiger partial charge in [-0.1, -0.05) is 29.8 Å². The lowest BCUT2D eigenvalue weighted by molar-refractivity contribution is 0.316. The van der Waals surface area contributed by atoms with Gasteiger partial charge in [-0.25, -0.2) is 0 Å². The third-order valence-corrected chi connectivity index (χ3v) is 3.40. The molecule has 2 aromatic rings. The summed E-state index contributed by atoms with van der Waals surface area (Å²) in [4.78, 5) is 2.32. The van der Waals surface area contributed by atoms with E-state index in [2.05, 4.69) is 54.5 Å². The second kappa shape index (κ2) is 6.73. The molecule has 108 valence electrons. The van der Waals surface area contributed by atoms with Crippen LogP contribution in [0, 0.1) is 13.8 Å². The molecule has 20 heavy (non-hydrogen) atoms. The van der Waals surface area contributed by atoms with E-state index in [1.807, 2.05) is 14.0 Å². The minimum atomic E-state index is 0.780. The van der Waals surface area contributed by atoms with Crippen LogP contribution in [0.3, 0.4) is 0 Å². The maximum atomic E-state index is 5.74. The van der Waals surface area contributed by atoms with Gasteiger partial charge < -0.3 is 9.73 Å². The third-order valence-electron chi connectivity index (χ3n) is 3.40. The Labute approximate surface area is 121 Å². The molecular formula is C17H24N2O. The molecule has 1 aromatic heterocycles. The van der Waals surface area contributed by atoms with E-state index in [9.17, 15) is 0 Å². The molecule has 0 spiro atoms. The maximum Gasteiger partial charge on any atom is 0.118 e. The monoisotopic (exact) mass is 272 g/mol. The van der Waals surface area contributed by atoms with Gasteiger partial charge in [-0.2, -0.15) is 0 Å². The van der Waals surface area contributed by atoms with Gasteiger partial charge in [0.25, 0.3) is 0 Å². The topological polar surface area (TPSA) is 28.4 Å². The molecule has 3 nitrogen and oxygen atoms in total. The van der Waals surface area contributed by atoms with Gasteiger partial charge in [0.1, 0.15) is 11.5 Å². The summed E-state index contributed by atoms with van der Waals surface area (Å²) in [6.07, 6.45) is 0. The predicted molar refractivity (Wildman–Crippen MR) is 82.6 cm³/mol. The van der Waals surface area contributed by atoms with Gasteiger partial charge >= 0.3 is 0 Å². The van der Waals surface area contributed by atoms with Gasteiger partial charge in [0.2, 0.25) is 0 Å². The molecule has 0 aliphatic rings. The minimum absolute atomic E-state index is 0.780. The zero-order chi connectivity index (χ0) is 14.5. The Hall–Kier alpha value is -1.58. The number of nitrogens with zero attached hydrogens (tertiary/aromatic N) is 1. The molecule has 0 aliphatic heterocycles. The molecule has 0 saturated heterocycles. The van der Waals surface area contributed by atoms with Gasteiger partial charge in [-0.3, -0.25) is 4.90 Å². The summed E-state index contributed by atoms with van der Waals surface area (Å²) in [6, 6.07) is 10.8. The first-order valence-corrected chi connectivity index (χ1v) is 7.05. The normalized spacial score (nSPS) is 11.2. The molecule has 0 amide bonds. The first-order valence-electron chi connectivity index (χ1n) is 7.05. The summed E-state index contributed by atoms with van der Waals surface area (Å²) in [5.74, 6) is 2.02. The van der Waals surface area contributed by atoms with Crippen LogP contribution in [0.1, 0.15) is 28.2 Å². The van der Waals surface area contributed by atoms with E-state index in [1.54, 1.807) is 0 Å². The number of benzene rings is 1. The van der Waals surface area contributed by atoms with E-state index in [-0.39, 0.29) is 0 Å². The Morgan fingerprint density at radius 2 is 1.95 bits per heavy atom. The van der Waals surface area contributed by atoms with Crippen molar-refractivity contribution in [2.75, 3.05) is 14.1 Å². The van der Waals surface area contributed by atoms with Crippen LogP contribution in [0.2, 0.25) is 0 Å². The zero-order valence-corrected chi connectivity index (χ0v) is 12.9. The van der Waals surface area contributed by atoms with Crippen molar-refractivity contribution >= 4 is 0 Å². The quantitative estimate of drug-likeness (QED) is 0.875. The van der Waals surface area contributed by atoms with Crippen LogP contribution in [0.15, 0.2) is 34.7 Å². The fourth-order valence-corrected chi connectivity index (χ4v) is 2.47. The van der Waals surface area contributed by atoms with Crippen molar-refractivity contribution in [1.82, 2.24) is 10.2 Å². The van der Waals surface area contributed by atoms with Crippen molar-refractivity contribution in [2.45, 2.75) is 33.5 Å². The molecule has 0 unspecified atom stereocenters. The summed E-state index contributed by atoms with van der Waals surface area (Å²) in [5, 5.41) is 3.12. The number of hydrogen-bond donors (Lipinski definition) is 1. The first kappa shape index (κ1) is 14.8. The van der Waals surface area contributed by atoms with E-state index in [4.69, 9.17) is 4.42 Å². The molecule has 1 N–H and O–H groups in total. The SMILES string of the molecule is CNCc1cc(CN(C)Cc2cccc(C)c2)c(C)o1. The summed E-state index contributed by atoms with van der Waals surface area (Å²) in [6.45, 7) is 6.81. The summed E-state index contributed by atoms with van der Waals surface area (Å²) >= 11 is 0. The molecule has 0 saturated carbocycles. The van der Waals surface area contributed by atoms with Gasteiger partial charge in [-0.05, 0) is 39.6 Å². The fraction of sp³-hybridized carbons (Fsp3) is 0.412. The van der Waals surface area contributed by atoms with Crippen molar-refractivity contribution in [3.05, 3.63) is 58.5 Å². The lowest BCUT2D eigenvalue weighted by atomic mass is 10.1. The second-order valence-electron chi connectivity index (χ2n) is 5.49. The molecule has 1 heterocycles. The fourth-order valence-electron chi connectivity index (χ4n) is 2.47. The molecule has 0 radical (unpaired) electrons. The molecule has 1 aromatic carbocycles. The summed E-state index contributed by atoms with van der Waals surface area (Å²) in [5.41, 5.74) is 3.93. The summed E-state index contributed by atoms with van der Waals surface area (Å²) < 4.78 is 5.74. The van der Waals surface area contributed by atoms with Crippen LogP contribution in [-0.4, -0.2) is 19.0 Å². The molecule has 0 aliphatic carbocycles. The highest BCUT2D eigenvalue weighted by atomic mass is 16.3. The standard InChI is InChI=1S/C17H24N2O/c1-13-6-5-7-15(8-13)11-19(4)12-16-9-17(10-18-3)20-14(16)2/h5-9,18H,10-12H2,1-4H3. The highest BCUT2D eigenvalue weighted by molar-refractivity contribution is 5.23. The number of furan rings is 1. The van der Waals surface area contributed by atoms with E-state index in [0.717, 1.165) is 31.2 Å². The van der Waals surface area contributed by atoms with E-state index in [0.29, 0.717) is 0 Å². The van der Waals surface area contributed by atoms with Crippen molar-refractivity contribution in [3.63, 3.8) is 0 Å². The third kappa shape index (κ3) is 3.95. The Bertz CT molecular complexity index is 560. The van der Waals surface area contributed by atoms with Crippen LogP contribution < -0.4 is 5.32 Å². The van der Waals surface area contributed by atoms with Crippen molar-refractivity contribution in [2.24, 2.45) is 0 Å². The Balaban J connectivity index is 1.99. The van der Waals surface area contributed by atoms with Crippen molar-refractivity contribution in [3.8, 4) is 0 Å². The number of hydrogen-bond acceptors (Lipinski definition) is 3. The predicted octanol–water partition coefficient (Wildman–Crippen LogP) is 3.25. The van der Waals surface area contributed by atoms with Crippen molar-refractivity contribution < 1.29 is 4.42 Å². The van der Waals surface area contributed by atoms with Crippen LogP contribution in [0.5, 0.6) is 0 Å². The molecule has 2 rings (SSSR count). The molecule has 0 fully saturated rings. The Kier molecular flexibility index (Phi) is 4.99. The number of nitrogens with one attached hydrogen (secondary N) is 1. The average Bonchev–Trinajstić information content (AvgIpc) is 2.70. The smallest absolute Gasteiger partial charge is 0.118 e. The number of aryl methyl sites for hydroxylation is 2. The molecule has 3 heteroatoms. The van der Waals surface area contributed by atoms with E-state index < -0.39 is 0 Å². The van der Waals surface area contributed by atoms with Gasteiger partial charge in [0.15, 0.2) is 0 Å². The molecule has 0 bridgehead atoms. The largest absolute Gasteiger partial charge is 0.465 e. The Morgan fingerprint density at radius 1 is 1.15 bits per heavy atom. The van der Waals surface area contributed by atoms with Crippen molar-refractivity contribution in [1.29, 1.82) is 0 Å². The maximum absolute atomic E-state index is 5.74. The Morgan fingerprint density at radius 3 is 2.65 bits per heavy atom. The van der Waals surface area contributed by atoms with Crippen LogP contribution in [-0.2, 0) is 19.6 Å². The van der Waals surface area contributed by atoms with Crippen LogP contribution in [0.25, 0.3) is 0 Å². The van der Waals surface area contributed by atoms with E-state index in [1.165, 1.54) is 16.7 Å². The number of rotatable bonds is 6.